The van der Waals surface area contributed by atoms with Crippen LogP contribution in [0.15, 0.2) is 43.0 Å². The number of carbonyl (C=O) groups excluding carboxylic acids is 1. The third kappa shape index (κ3) is 8.05. The van der Waals surface area contributed by atoms with Gasteiger partial charge >= 0.3 is 6.36 Å². The van der Waals surface area contributed by atoms with Gasteiger partial charge in [0.05, 0.1) is 12.3 Å². The molecule has 35 heavy (non-hydrogen) atoms. The average Bonchev–Trinajstić information content (AvgIpc) is 2.83. The highest BCUT2D eigenvalue weighted by molar-refractivity contribution is 5.87. The molecule has 0 spiro atoms. The Morgan fingerprint density at radius 2 is 1.89 bits per heavy atom. The van der Waals surface area contributed by atoms with Crippen LogP contribution in [0.5, 0.6) is 5.75 Å². The van der Waals surface area contributed by atoms with E-state index in [4.69, 9.17) is 0 Å². The average molecular weight is 493 g/mol. The molecule has 0 radical (unpaired) electrons. The van der Waals surface area contributed by atoms with E-state index >= 15 is 0 Å². The van der Waals surface area contributed by atoms with E-state index in [1.165, 1.54) is 24.3 Å². The molecular formula is C26H31F3N2O4. The first-order valence-electron chi connectivity index (χ1n) is 10.9. The minimum absolute atomic E-state index is 0.0141. The Labute approximate surface area is 204 Å². The number of nitrogens with zero attached hydrogens (tertiary/aromatic N) is 1. The quantitative estimate of drug-likeness (QED) is 0.279. The van der Waals surface area contributed by atoms with Crippen LogP contribution < -0.4 is 15.0 Å². The van der Waals surface area contributed by atoms with Crippen molar-refractivity contribution < 1.29 is 32.9 Å². The van der Waals surface area contributed by atoms with Crippen LogP contribution in [0.4, 0.5) is 18.9 Å². The highest BCUT2D eigenvalue weighted by Gasteiger charge is 2.31. The van der Waals surface area contributed by atoms with Crippen molar-refractivity contribution in [1.82, 2.24) is 5.32 Å². The molecule has 0 aliphatic heterocycles. The minimum atomic E-state index is -4.80. The monoisotopic (exact) mass is 492 g/mol. The third-order valence-electron chi connectivity index (χ3n) is 4.84. The van der Waals surface area contributed by atoms with E-state index in [9.17, 15) is 28.2 Å². The van der Waals surface area contributed by atoms with Gasteiger partial charge in [0.25, 0.3) is 0 Å². The molecular weight excluding hydrogens is 461 g/mol. The molecule has 0 aromatic heterocycles. The number of benzene rings is 2. The van der Waals surface area contributed by atoms with Crippen LogP contribution in [0.2, 0.25) is 0 Å². The fourth-order valence-corrected chi connectivity index (χ4v) is 3.50. The van der Waals surface area contributed by atoms with Crippen LogP contribution in [0.1, 0.15) is 43.6 Å². The molecule has 9 heteroatoms. The second-order valence-corrected chi connectivity index (χ2v) is 7.08. The van der Waals surface area contributed by atoms with Crippen LogP contribution in [-0.4, -0.2) is 36.1 Å². The Hall–Kier alpha value is -3.48. The molecule has 190 valence electrons. The van der Waals surface area contributed by atoms with E-state index < -0.39 is 25.0 Å². The number of alkyl halides is 3. The second-order valence-electron chi connectivity index (χ2n) is 7.08. The second kappa shape index (κ2) is 13.4. The lowest BCUT2D eigenvalue weighted by Crippen LogP contribution is -2.24. The van der Waals surface area contributed by atoms with Gasteiger partial charge in [-0.05, 0) is 60.4 Å². The first-order valence-corrected chi connectivity index (χ1v) is 10.9. The van der Waals surface area contributed by atoms with Crippen molar-refractivity contribution in [2.45, 2.75) is 46.7 Å². The molecule has 1 amide bonds. The lowest BCUT2D eigenvalue weighted by molar-refractivity contribution is -0.274. The first kappa shape index (κ1) is 29.6. The van der Waals surface area contributed by atoms with Crippen molar-refractivity contribution in [2.75, 3.05) is 18.6 Å². The Balaban J connectivity index is 0.00000298. The Bertz CT molecular complexity index is 1070. The number of halogens is 3. The van der Waals surface area contributed by atoms with Crippen LogP contribution in [0.25, 0.3) is 11.1 Å². The number of hydrogen-bond acceptors (Lipinski definition) is 5. The van der Waals surface area contributed by atoms with Gasteiger partial charge in [-0.25, -0.2) is 0 Å². The summed E-state index contributed by atoms with van der Waals surface area (Å²) in [6.45, 7) is 10.3. The molecule has 0 saturated carbocycles. The number of aliphatic hydroxyl groups excluding tert-OH is 2. The van der Waals surface area contributed by atoms with Gasteiger partial charge in [-0.1, -0.05) is 38.5 Å². The summed E-state index contributed by atoms with van der Waals surface area (Å²) in [5, 5.41) is 22.9. The minimum Gasteiger partial charge on any atom is -0.406 e. The Kier molecular flexibility index (Phi) is 11.3. The summed E-state index contributed by atoms with van der Waals surface area (Å²) < 4.78 is 41.4. The maximum atomic E-state index is 12.5. The van der Waals surface area contributed by atoms with Crippen LogP contribution in [-0.2, 0) is 11.3 Å². The highest BCUT2D eigenvalue weighted by atomic mass is 19.4. The lowest BCUT2D eigenvalue weighted by Gasteiger charge is -2.27. The van der Waals surface area contributed by atoms with E-state index in [0.717, 1.165) is 6.08 Å². The molecule has 2 rings (SSSR count). The number of anilines is 1. The van der Waals surface area contributed by atoms with E-state index in [2.05, 4.69) is 28.6 Å². The summed E-state index contributed by atoms with van der Waals surface area (Å²) in [5.74, 6) is 1.98. The van der Waals surface area contributed by atoms with Crippen LogP contribution in [0, 0.1) is 18.9 Å². The maximum Gasteiger partial charge on any atom is 0.573 e. The molecule has 0 heterocycles. The summed E-state index contributed by atoms with van der Waals surface area (Å²) in [5.41, 5.74) is 3.30. The van der Waals surface area contributed by atoms with Gasteiger partial charge < -0.3 is 25.2 Å². The fraction of sp³-hybridized carbons (Fsp3) is 0.346. The summed E-state index contributed by atoms with van der Waals surface area (Å²) >= 11 is 0. The number of ether oxygens (including phenoxy) is 1. The normalized spacial score (nSPS) is 11.3. The highest BCUT2D eigenvalue weighted by Crippen LogP contribution is 2.39. The van der Waals surface area contributed by atoms with Crippen molar-refractivity contribution >= 4 is 11.6 Å². The van der Waals surface area contributed by atoms with Crippen molar-refractivity contribution in [1.29, 1.82) is 0 Å². The maximum absolute atomic E-state index is 12.5. The number of nitrogens with one attached hydrogen (secondary N) is 1. The number of hydrogen-bond donors (Lipinski definition) is 3. The molecule has 0 bridgehead atoms. The molecule has 2 aromatic carbocycles. The van der Waals surface area contributed by atoms with Crippen molar-refractivity contribution in [3.8, 4) is 28.8 Å². The Morgan fingerprint density at radius 1 is 1.29 bits per heavy atom. The molecule has 1 atom stereocenters. The summed E-state index contributed by atoms with van der Waals surface area (Å²) in [6, 6.07) is 9.95. The van der Waals surface area contributed by atoms with Crippen molar-refractivity contribution in [2.24, 2.45) is 0 Å². The van der Waals surface area contributed by atoms with E-state index in [-0.39, 0.29) is 12.3 Å². The standard InChI is InChI=1S/C24H25F3N2O4.C2H6/c1-5-11-29(4)23-15(3)19(16-7-9-18(10-8-16)33-24(25,26)27)12-17(13-28-21(32)6-2)22(23)20(31)14-30;1-2/h6-10,12,20,30-31H,2,13-14H2,1,3-4H3,(H,28,32);1-2H3. The number of carbonyl (C=O) groups is 1. The van der Waals surface area contributed by atoms with Gasteiger partial charge in [0.2, 0.25) is 5.91 Å². The zero-order valence-electron chi connectivity index (χ0n) is 20.5. The number of aliphatic hydroxyl groups is 2. The number of rotatable bonds is 8. The van der Waals surface area contributed by atoms with Crippen LogP contribution >= 0.6 is 0 Å². The summed E-state index contributed by atoms with van der Waals surface area (Å²) in [4.78, 5) is 13.3. The molecule has 0 aliphatic carbocycles. The molecule has 1 unspecified atom stereocenters. The van der Waals surface area contributed by atoms with Gasteiger partial charge in [0, 0.05) is 25.2 Å². The smallest absolute Gasteiger partial charge is 0.406 e. The summed E-state index contributed by atoms with van der Waals surface area (Å²) in [7, 11) is 1.68. The van der Waals surface area contributed by atoms with Gasteiger partial charge in [0.1, 0.15) is 11.9 Å². The van der Waals surface area contributed by atoms with E-state index in [1.807, 2.05) is 13.8 Å². The largest absolute Gasteiger partial charge is 0.573 e. The SMILES string of the molecule is C=CC(=O)NCc1cc(-c2ccc(OC(F)(F)F)cc2)c(C)c(N(C)C#CC)c1C(O)CO.CC. The van der Waals surface area contributed by atoms with Crippen LogP contribution in [0.3, 0.4) is 0 Å². The molecule has 0 saturated heterocycles. The Morgan fingerprint density at radius 3 is 2.37 bits per heavy atom. The van der Waals surface area contributed by atoms with Crippen molar-refractivity contribution in [3.63, 3.8) is 0 Å². The molecule has 3 N–H and O–H groups in total. The summed E-state index contributed by atoms with van der Waals surface area (Å²) in [6.07, 6.45) is -4.95. The zero-order valence-corrected chi connectivity index (χ0v) is 20.5. The zero-order chi connectivity index (χ0) is 26.8. The molecule has 2 aromatic rings. The van der Waals surface area contributed by atoms with E-state index in [0.29, 0.717) is 33.5 Å². The fourth-order valence-electron chi connectivity index (χ4n) is 3.50. The topological polar surface area (TPSA) is 82.0 Å². The van der Waals surface area contributed by atoms with Gasteiger partial charge in [-0.2, -0.15) is 0 Å². The third-order valence-corrected chi connectivity index (χ3v) is 4.84. The molecule has 0 fully saturated rings. The van der Waals surface area contributed by atoms with Gasteiger partial charge in [-0.3, -0.25) is 4.79 Å². The first-order chi connectivity index (χ1) is 16.5. The lowest BCUT2D eigenvalue weighted by atomic mass is 9.89. The van der Waals surface area contributed by atoms with Gasteiger partial charge in [0.15, 0.2) is 0 Å². The van der Waals surface area contributed by atoms with E-state index in [1.54, 1.807) is 31.9 Å². The number of amides is 1. The predicted octanol–water partition coefficient (Wildman–Crippen LogP) is 4.83. The van der Waals surface area contributed by atoms with Crippen molar-refractivity contribution in [3.05, 3.63) is 59.7 Å². The van der Waals surface area contributed by atoms with Gasteiger partial charge in [-0.15, -0.1) is 13.2 Å². The molecule has 6 nitrogen and oxygen atoms in total. The molecule has 0 aliphatic rings. The predicted molar refractivity (Wildman–Crippen MR) is 131 cm³/mol.